The maximum absolute atomic E-state index is 14.1. The predicted octanol–water partition coefficient (Wildman–Crippen LogP) is 0.526. The number of pyridine rings is 1. The number of anilines is 1. The van der Waals surface area contributed by atoms with Crippen LogP contribution in [-0.2, 0) is 25.6 Å². The molecule has 0 spiro atoms. The molecule has 1 aromatic heterocycles. The topological polar surface area (TPSA) is 207 Å². The second-order valence-corrected chi connectivity index (χ2v) is 11.6. The number of Topliss-reactive ketones (excluding diaryl/α,β-unsaturated/α-hetero) is 2. The summed E-state index contributed by atoms with van der Waals surface area (Å²) in [6, 6.07) is 5.55. The Morgan fingerprint density at radius 3 is 2.42 bits per heavy atom. The summed E-state index contributed by atoms with van der Waals surface area (Å²) < 4.78 is 0. The monoisotopic (exact) mass is 591 g/mol. The Hall–Kier alpha value is -4.59. The highest BCUT2D eigenvalue weighted by Gasteiger charge is 2.64. The molecule has 4 atom stereocenters. The summed E-state index contributed by atoms with van der Waals surface area (Å²) >= 11 is 0. The van der Waals surface area contributed by atoms with Gasteiger partial charge in [-0.1, -0.05) is 6.07 Å². The fraction of sp³-hybridized carbons (Fsp3) is 0.367. The molecule has 0 bridgehead atoms. The molecule has 1 aromatic carbocycles. The van der Waals surface area contributed by atoms with Crippen molar-refractivity contribution >= 4 is 34.8 Å². The van der Waals surface area contributed by atoms with Gasteiger partial charge in [0.2, 0.25) is 11.7 Å². The molecule has 2 aromatic rings. The lowest BCUT2D eigenvalue weighted by atomic mass is 9.57. The van der Waals surface area contributed by atoms with E-state index in [4.69, 9.17) is 5.73 Å². The van der Waals surface area contributed by atoms with Crippen LogP contribution in [0.3, 0.4) is 0 Å². The number of rotatable bonds is 6. The summed E-state index contributed by atoms with van der Waals surface area (Å²) in [5.41, 5.74) is 2.68. The number of aromatic nitrogens is 1. The molecule has 226 valence electrons. The van der Waals surface area contributed by atoms with Crippen LogP contribution >= 0.6 is 0 Å². The molecule has 7 N–H and O–H groups in total. The van der Waals surface area contributed by atoms with Gasteiger partial charge in [-0.25, -0.2) is 0 Å². The Morgan fingerprint density at radius 2 is 1.84 bits per heavy atom. The minimum absolute atomic E-state index is 0.00291. The van der Waals surface area contributed by atoms with Gasteiger partial charge in [-0.3, -0.25) is 29.1 Å². The largest absolute Gasteiger partial charge is 0.508 e. The highest BCUT2D eigenvalue weighted by atomic mass is 16.3. The first-order valence-electron chi connectivity index (χ1n) is 13.6. The number of likely N-dealkylation sites (N-methyl/N-ethyl adjacent to an activating group) is 2. The third-order valence-electron chi connectivity index (χ3n) is 8.40. The fourth-order valence-corrected chi connectivity index (χ4v) is 6.63. The molecule has 3 aliphatic carbocycles. The number of aromatic hydroxyl groups is 1. The number of carbonyl (C=O) groups excluding carboxylic acids is 4. The number of carbonyl (C=O) groups is 4. The summed E-state index contributed by atoms with van der Waals surface area (Å²) in [4.78, 5) is 59.7. The standard InChI is InChI=1S/C30H33N5O8/c1-34(2)12-19(36)33-18-11-14(17-7-5-6-8-32-17)15-9-13-10-16-23(35(3)4)26(39)22(29(31)42)28(41)30(16,43)27(40)20(13)25(38)21(15)24(18)37/h5-8,11,13,16,23,37-38,41,43H,9-10,12H2,1-4H3,(H2,31,42)(H,33,36)/t13-,16-,23+,30-/m0/s1. The number of phenols is 1. The van der Waals surface area contributed by atoms with Crippen LogP contribution in [0, 0.1) is 11.8 Å². The van der Waals surface area contributed by atoms with E-state index in [-0.39, 0.29) is 36.2 Å². The molecule has 43 heavy (non-hydrogen) atoms. The summed E-state index contributed by atoms with van der Waals surface area (Å²) in [6.07, 6.45) is 1.60. The minimum Gasteiger partial charge on any atom is -0.508 e. The first-order valence-corrected chi connectivity index (χ1v) is 13.6. The fourth-order valence-electron chi connectivity index (χ4n) is 6.63. The number of ketones is 2. The summed E-state index contributed by atoms with van der Waals surface area (Å²) in [7, 11) is 6.47. The van der Waals surface area contributed by atoms with E-state index in [9.17, 15) is 39.6 Å². The van der Waals surface area contributed by atoms with Crippen LogP contribution in [0.1, 0.15) is 17.5 Å². The Kier molecular flexibility index (Phi) is 7.37. The second kappa shape index (κ2) is 10.6. The smallest absolute Gasteiger partial charge is 0.255 e. The number of aliphatic hydroxyl groups is 3. The Morgan fingerprint density at radius 1 is 1.14 bits per heavy atom. The van der Waals surface area contributed by atoms with Crippen molar-refractivity contribution in [1.82, 2.24) is 14.8 Å². The first kappa shape index (κ1) is 29.9. The van der Waals surface area contributed by atoms with Crippen molar-refractivity contribution in [2.45, 2.75) is 24.5 Å². The highest BCUT2D eigenvalue weighted by Crippen LogP contribution is 2.54. The number of hydrogen-bond acceptors (Lipinski definition) is 11. The Bertz CT molecular complexity index is 1630. The molecule has 13 heteroatoms. The highest BCUT2D eigenvalue weighted by molar-refractivity contribution is 6.24. The number of benzene rings is 1. The number of nitrogens with one attached hydrogen (secondary N) is 1. The molecule has 1 heterocycles. The third kappa shape index (κ3) is 4.56. The van der Waals surface area contributed by atoms with Crippen LogP contribution in [0.4, 0.5) is 5.69 Å². The molecule has 1 fully saturated rings. The van der Waals surface area contributed by atoms with Crippen LogP contribution in [-0.4, -0.2) is 105 Å². The minimum atomic E-state index is -2.75. The number of phenolic OH excluding ortho intramolecular Hbond substituents is 1. The van der Waals surface area contributed by atoms with Crippen LogP contribution in [0.5, 0.6) is 5.75 Å². The van der Waals surface area contributed by atoms with Gasteiger partial charge >= 0.3 is 0 Å². The molecule has 3 aliphatic rings. The third-order valence-corrected chi connectivity index (χ3v) is 8.40. The number of amides is 2. The van der Waals surface area contributed by atoms with Gasteiger partial charge in [-0.15, -0.1) is 0 Å². The van der Waals surface area contributed by atoms with Crippen LogP contribution in [0.25, 0.3) is 17.0 Å². The number of fused-ring (bicyclic) bond motifs is 3. The zero-order chi connectivity index (χ0) is 31.5. The molecule has 1 saturated carbocycles. The van der Waals surface area contributed by atoms with Crippen molar-refractivity contribution < 1.29 is 39.6 Å². The van der Waals surface area contributed by atoms with E-state index < -0.39 is 69.7 Å². The lowest BCUT2D eigenvalue weighted by molar-refractivity contribution is -0.153. The Balaban J connectivity index is 1.75. The van der Waals surface area contributed by atoms with Crippen LogP contribution < -0.4 is 11.1 Å². The van der Waals surface area contributed by atoms with E-state index in [1.165, 1.54) is 19.0 Å². The molecule has 0 saturated heterocycles. The van der Waals surface area contributed by atoms with Crippen LogP contribution in [0.2, 0.25) is 0 Å². The van der Waals surface area contributed by atoms with Gasteiger partial charge in [0.15, 0.2) is 11.4 Å². The molecule has 2 amide bonds. The molecule has 0 aliphatic heterocycles. The molecule has 5 rings (SSSR count). The van der Waals surface area contributed by atoms with Crippen molar-refractivity contribution in [3.8, 4) is 17.0 Å². The maximum atomic E-state index is 14.1. The first-order chi connectivity index (χ1) is 20.2. The lowest BCUT2D eigenvalue weighted by Gasteiger charge is -2.50. The van der Waals surface area contributed by atoms with Gasteiger partial charge in [-0.05, 0) is 70.7 Å². The molecular formula is C30H33N5O8. The summed E-state index contributed by atoms with van der Waals surface area (Å²) in [6.45, 7) is -0.00291. The van der Waals surface area contributed by atoms with E-state index in [0.717, 1.165) is 0 Å². The molecular weight excluding hydrogens is 558 g/mol. The average Bonchev–Trinajstić information content (AvgIpc) is 2.92. The Labute approximate surface area is 246 Å². The van der Waals surface area contributed by atoms with Gasteiger partial charge in [0.05, 0.1) is 29.5 Å². The maximum Gasteiger partial charge on any atom is 0.255 e. The normalized spacial score (nSPS) is 25.0. The van der Waals surface area contributed by atoms with Crippen molar-refractivity contribution in [2.75, 3.05) is 40.1 Å². The van der Waals surface area contributed by atoms with E-state index in [1.807, 2.05) is 0 Å². The number of nitrogens with two attached hydrogens (primary N) is 1. The van der Waals surface area contributed by atoms with E-state index in [1.54, 1.807) is 49.5 Å². The van der Waals surface area contributed by atoms with E-state index in [0.29, 0.717) is 16.8 Å². The number of aliphatic hydroxyl groups excluding tert-OH is 2. The number of hydrogen-bond donors (Lipinski definition) is 6. The lowest BCUT2D eigenvalue weighted by Crippen LogP contribution is -2.65. The predicted molar refractivity (Wildman–Crippen MR) is 155 cm³/mol. The number of primary amides is 1. The van der Waals surface area contributed by atoms with Gasteiger partial charge in [0, 0.05) is 23.3 Å². The molecule has 0 unspecified atom stereocenters. The van der Waals surface area contributed by atoms with Crippen molar-refractivity contribution in [3.63, 3.8) is 0 Å². The van der Waals surface area contributed by atoms with Crippen molar-refractivity contribution in [1.29, 1.82) is 0 Å². The van der Waals surface area contributed by atoms with Gasteiger partial charge in [0.1, 0.15) is 22.8 Å². The SMILES string of the molecule is CN(C)CC(=O)Nc1cc(-c2ccccn2)c2c(c1O)C(O)=C1C(=O)[C@]3(O)C(O)=C(C(N)=O)C(=O)[C@H](N(C)C)[C@@H]3C[C@@H]1C2. The summed E-state index contributed by atoms with van der Waals surface area (Å²) in [5, 5.41) is 48.5. The van der Waals surface area contributed by atoms with Crippen molar-refractivity contribution in [3.05, 3.63) is 58.5 Å². The second-order valence-electron chi connectivity index (χ2n) is 11.6. The molecule has 0 radical (unpaired) electrons. The van der Waals surface area contributed by atoms with Gasteiger partial charge < -0.3 is 36.4 Å². The average molecular weight is 592 g/mol. The van der Waals surface area contributed by atoms with E-state index in [2.05, 4.69) is 10.3 Å². The van der Waals surface area contributed by atoms with Gasteiger partial charge in [0.25, 0.3) is 5.91 Å². The quantitative estimate of drug-likeness (QED) is 0.202. The van der Waals surface area contributed by atoms with Crippen molar-refractivity contribution in [2.24, 2.45) is 17.6 Å². The zero-order valence-electron chi connectivity index (χ0n) is 24.1. The van der Waals surface area contributed by atoms with E-state index >= 15 is 0 Å². The van der Waals surface area contributed by atoms with Gasteiger partial charge in [-0.2, -0.15) is 0 Å². The number of nitrogens with zero attached hydrogens (tertiary/aromatic N) is 3. The van der Waals surface area contributed by atoms with Crippen LogP contribution in [0.15, 0.2) is 47.4 Å². The summed E-state index contributed by atoms with van der Waals surface area (Å²) in [5.74, 6) is -7.96. The molecule has 13 nitrogen and oxygen atoms in total. The zero-order valence-corrected chi connectivity index (χ0v) is 24.1.